The Morgan fingerprint density at radius 3 is 2.00 bits per heavy atom. The number of unbranched alkanes of at least 4 members (excludes halogenated alkanes) is 11. The standard InChI is InChI=1S/C27H43NO3.Na.H/c1-2-3-4-5-6-7-8-9-10-11-12-13-14-15-19-22-26(29)31-27(30)25(28)23-24-20-17-16-18-21-24;;/h9-10,16-18,20-21,25H,2-8,11-15,19,22-23,28H2,1H3;;/q;+1;-1/b10-9-;;/t25-;;/m0../s1. The number of ether oxygens (including phenoxy) is 1. The number of carbonyl (C=O) groups is 2. The van der Waals surface area contributed by atoms with Crippen molar-refractivity contribution in [3.8, 4) is 0 Å². The van der Waals surface area contributed by atoms with Crippen LogP contribution in [0.15, 0.2) is 42.5 Å². The van der Waals surface area contributed by atoms with Gasteiger partial charge in [-0.1, -0.05) is 101 Å². The van der Waals surface area contributed by atoms with Crippen LogP contribution in [0.4, 0.5) is 0 Å². The number of esters is 2. The van der Waals surface area contributed by atoms with Gasteiger partial charge in [0.15, 0.2) is 0 Å². The summed E-state index contributed by atoms with van der Waals surface area (Å²) in [6.45, 7) is 2.25. The van der Waals surface area contributed by atoms with Gasteiger partial charge in [-0.05, 0) is 44.1 Å². The molecular formula is C27H44NNaO3. The summed E-state index contributed by atoms with van der Waals surface area (Å²) < 4.78 is 4.89. The molecule has 0 aromatic heterocycles. The zero-order valence-corrected chi connectivity index (χ0v) is 22.5. The van der Waals surface area contributed by atoms with Gasteiger partial charge < -0.3 is 11.9 Å². The van der Waals surface area contributed by atoms with E-state index in [9.17, 15) is 9.59 Å². The van der Waals surface area contributed by atoms with Gasteiger partial charge in [0.1, 0.15) is 6.04 Å². The maximum absolute atomic E-state index is 11.9. The van der Waals surface area contributed by atoms with E-state index >= 15 is 0 Å². The molecule has 176 valence electrons. The van der Waals surface area contributed by atoms with Crippen LogP contribution in [0.2, 0.25) is 0 Å². The van der Waals surface area contributed by atoms with Gasteiger partial charge in [-0.3, -0.25) is 4.79 Å². The molecule has 0 fully saturated rings. The number of nitrogens with two attached hydrogens (primary N) is 1. The molecule has 0 aliphatic carbocycles. The van der Waals surface area contributed by atoms with E-state index in [1.54, 1.807) is 0 Å². The molecule has 0 aliphatic rings. The molecule has 1 aromatic carbocycles. The normalized spacial score (nSPS) is 11.8. The third kappa shape index (κ3) is 17.6. The minimum atomic E-state index is -0.805. The average Bonchev–Trinajstić information content (AvgIpc) is 2.77. The van der Waals surface area contributed by atoms with Crippen LogP contribution in [-0.4, -0.2) is 18.0 Å². The third-order valence-corrected chi connectivity index (χ3v) is 5.46. The Morgan fingerprint density at radius 2 is 1.41 bits per heavy atom. The third-order valence-electron chi connectivity index (χ3n) is 5.46. The van der Waals surface area contributed by atoms with Crippen molar-refractivity contribution in [1.29, 1.82) is 0 Å². The van der Waals surface area contributed by atoms with Crippen LogP contribution in [0.3, 0.4) is 0 Å². The van der Waals surface area contributed by atoms with Crippen molar-refractivity contribution in [2.75, 3.05) is 0 Å². The Morgan fingerprint density at radius 1 is 0.875 bits per heavy atom. The van der Waals surface area contributed by atoms with Crippen molar-refractivity contribution in [1.82, 2.24) is 0 Å². The van der Waals surface area contributed by atoms with Gasteiger partial charge in [0.2, 0.25) is 0 Å². The van der Waals surface area contributed by atoms with Gasteiger partial charge in [0.05, 0.1) is 0 Å². The minimum Gasteiger partial charge on any atom is -1.00 e. The van der Waals surface area contributed by atoms with Gasteiger partial charge in [-0.25, -0.2) is 4.79 Å². The van der Waals surface area contributed by atoms with E-state index in [1.807, 2.05) is 30.3 Å². The molecule has 0 saturated carbocycles. The molecule has 0 spiro atoms. The first-order chi connectivity index (χ1) is 15.1. The van der Waals surface area contributed by atoms with Crippen molar-refractivity contribution >= 4 is 11.9 Å². The molecule has 1 aromatic rings. The number of carbonyl (C=O) groups excluding carboxylic acids is 2. The van der Waals surface area contributed by atoms with Gasteiger partial charge in [0.25, 0.3) is 0 Å². The quantitative estimate of drug-likeness (QED) is 0.121. The average molecular weight is 454 g/mol. The summed E-state index contributed by atoms with van der Waals surface area (Å²) >= 11 is 0. The second-order valence-corrected chi connectivity index (χ2v) is 8.42. The molecule has 0 amide bonds. The Hall–Kier alpha value is -0.940. The zero-order valence-electron chi connectivity index (χ0n) is 21.5. The van der Waals surface area contributed by atoms with E-state index < -0.39 is 18.0 Å². The van der Waals surface area contributed by atoms with E-state index in [4.69, 9.17) is 10.5 Å². The summed E-state index contributed by atoms with van der Waals surface area (Å²) in [5.41, 5.74) is 6.81. The number of hydrogen-bond donors (Lipinski definition) is 1. The van der Waals surface area contributed by atoms with E-state index in [2.05, 4.69) is 19.1 Å². The number of hydrogen-bond acceptors (Lipinski definition) is 4. The first-order valence-corrected chi connectivity index (χ1v) is 12.3. The molecule has 0 bridgehead atoms. The fourth-order valence-electron chi connectivity index (χ4n) is 3.53. The Labute approximate surface area is 219 Å². The molecule has 0 heterocycles. The number of rotatable bonds is 18. The van der Waals surface area contributed by atoms with E-state index in [1.165, 1.54) is 57.8 Å². The molecule has 0 saturated heterocycles. The maximum Gasteiger partial charge on any atom is 1.00 e. The van der Waals surface area contributed by atoms with Crippen molar-refractivity contribution in [3.63, 3.8) is 0 Å². The second-order valence-electron chi connectivity index (χ2n) is 8.42. The van der Waals surface area contributed by atoms with E-state index in [0.717, 1.165) is 31.2 Å². The van der Waals surface area contributed by atoms with Crippen LogP contribution >= 0.6 is 0 Å². The van der Waals surface area contributed by atoms with Crippen LogP contribution in [0.1, 0.15) is 104 Å². The monoisotopic (exact) mass is 453 g/mol. The fraction of sp³-hybridized carbons (Fsp3) is 0.630. The zero-order chi connectivity index (χ0) is 22.6. The Bertz CT molecular complexity index is 625. The Kier molecular flexibility index (Phi) is 21.2. The van der Waals surface area contributed by atoms with Crippen molar-refractivity contribution < 1.29 is 45.3 Å². The molecule has 1 atom stereocenters. The van der Waals surface area contributed by atoms with Gasteiger partial charge in [-0.15, -0.1) is 0 Å². The summed E-state index contributed by atoms with van der Waals surface area (Å²) in [6.07, 6.45) is 21.0. The van der Waals surface area contributed by atoms with E-state index in [-0.39, 0.29) is 37.4 Å². The topological polar surface area (TPSA) is 69.4 Å². The molecule has 1 rings (SSSR count). The number of allylic oxidation sites excluding steroid dienone is 2. The molecule has 5 heteroatoms. The van der Waals surface area contributed by atoms with Crippen LogP contribution in [0.5, 0.6) is 0 Å². The van der Waals surface area contributed by atoms with Crippen LogP contribution in [0.25, 0.3) is 0 Å². The van der Waals surface area contributed by atoms with Gasteiger partial charge in [-0.2, -0.15) is 0 Å². The largest absolute Gasteiger partial charge is 1.00 e. The first kappa shape index (κ1) is 31.1. The SMILES string of the molecule is CCCCCCCC/C=C\CCCCCCCC(=O)OC(=O)[C@@H](N)Cc1ccccc1.[H-].[Na+]. The molecular weight excluding hydrogens is 409 g/mol. The predicted octanol–water partition coefficient (Wildman–Crippen LogP) is 3.78. The number of benzene rings is 1. The van der Waals surface area contributed by atoms with Gasteiger partial charge in [0, 0.05) is 6.42 Å². The summed E-state index contributed by atoms with van der Waals surface area (Å²) in [5.74, 6) is -1.10. The maximum atomic E-state index is 11.9. The first-order valence-electron chi connectivity index (χ1n) is 12.3. The van der Waals surface area contributed by atoms with Crippen molar-refractivity contribution in [2.24, 2.45) is 5.73 Å². The van der Waals surface area contributed by atoms with Crippen LogP contribution < -0.4 is 35.3 Å². The van der Waals surface area contributed by atoms with Crippen LogP contribution in [-0.2, 0) is 20.7 Å². The van der Waals surface area contributed by atoms with Crippen LogP contribution in [0, 0.1) is 0 Å². The molecule has 0 radical (unpaired) electrons. The smallest absolute Gasteiger partial charge is 1.00 e. The fourth-order valence-corrected chi connectivity index (χ4v) is 3.53. The summed E-state index contributed by atoms with van der Waals surface area (Å²) in [5, 5.41) is 0. The van der Waals surface area contributed by atoms with Crippen molar-refractivity contribution in [3.05, 3.63) is 48.0 Å². The van der Waals surface area contributed by atoms with E-state index in [0.29, 0.717) is 6.42 Å². The summed E-state index contributed by atoms with van der Waals surface area (Å²) in [4.78, 5) is 23.8. The molecule has 2 N–H and O–H groups in total. The molecule has 0 aliphatic heterocycles. The molecule has 32 heavy (non-hydrogen) atoms. The Balaban J connectivity index is 0. The molecule has 4 nitrogen and oxygen atoms in total. The molecule has 0 unspecified atom stereocenters. The predicted molar refractivity (Wildman–Crippen MR) is 130 cm³/mol. The summed E-state index contributed by atoms with van der Waals surface area (Å²) in [6, 6.07) is 8.70. The van der Waals surface area contributed by atoms with Gasteiger partial charge >= 0.3 is 41.5 Å². The van der Waals surface area contributed by atoms with Crippen molar-refractivity contribution in [2.45, 2.75) is 109 Å². The summed E-state index contributed by atoms with van der Waals surface area (Å²) in [7, 11) is 0. The second kappa shape index (κ2) is 21.9. The minimum absolute atomic E-state index is 0.